The summed E-state index contributed by atoms with van der Waals surface area (Å²) in [6.07, 6.45) is 2.57. The zero-order valence-corrected chi connectivity index (χ0v) is 18.5. The van der Waals surface area contributed by atoms with Gasteiger partial charge in [0.25, 0.3) is 0 Å². The number of aromatic nitrogens is 2. The molecule has 0 fully saturated rings. The van der Waals surface area contributed by atoms with Gasteiger partial charge in [-0.25, -0.2) is 9.78 Å². The van der Waals surface area contributed by atoms with E-state index in [1.807, 2.05) is 49.3 Å². The van der Waals surface area contributed by atoms with E-state index in [4.69, 9.17) is 0 Å². The lowest BCUT2D eigenvalue weighted by Gasteiger charge is -2.13. The predicted molar refractivity (Wildman–Crippen MR) is 122 cm³/mol. The van der Waals surface area contributed by atoms with Crippen LogP contribution in [0.15, 0.2) is 52.9 Å². The van der Waals surface area contributed by atoms with E-state index < -0.39 is 0 Å². The molecule has 2 N–H and O–H groups in total. The Kier molecular flexibility index (Phi) is 6.76. The van der Waals surface area contributed by atoms with Crippen molar-refractivity contribution in [1.82, 2.24) is 4.57 Å². The number of carbonyl (C=O) groups excluding carboxylic acids is 1. The fourth-order valence-corrected chi connectivity index (χ4v) is 4.73. The number of carbonyl (C=O) groups is 1. The largest absolute Gasteiger partial charge is 0.378 e. The first kappa shape index (κ1) is 21.1. The van der Waals surface area contributed by atoms with Gasteiger partial charge >= 0.3 is 10.7 Å². The molecule has 1 aromatic carbocycles. The van der Waals surface area contributed by atoms with Crippen LogP contribution in [0.25, 0.3) is 10.2 Å². The molecule has 8 heteroatoms. The third-order valence-electron chi connectivity index (χ3n) is 4.39. The number of nitrogens with zero attached hydrogens (tertiary/aromatic N) is 2. The first-order valence-corrected chi connectivity index (χ1v) is 11.1. The molecule has 2 heterocycles. The van der Waals surface area contributed by atoms with Crippen LogP contribution < -0.4 is 20.8 Å². The summed E-state index contributed by atoms with van der Waals surface area (Å²) >= 11 is 2.89. The SMILES string of the molecule is C=CCn1c(SCC(=O)Nc2ccc(N(C)C)cc2)[nH+]c2sc(CC)cc2c1=O. The number of rotatable bonds is 8. The third-order valence-corrected chi connectivity index (χ3v) is 6.59. The van der Waals surface area contributed by atoms with Gasteiger partial charge in [0, 0.05) is 30.3 Å². The van der Waals surface area contributed by atoms with Gasteiger partial charge in [0.15, 0.2) is 4.83 Å². The molecule has 3 rings (SSSR count). The van der Waals surface area contributed by atoms with Gasteiger partial charge in [0.1, 0.15) is 11.9 Å². The molecule has 2 aromatic heterocycles. The summed E-state index contributed by atoms with van der Waals surface area (Å²) in [6.45, 7) is 6.20. The van der Waals surface area contributed by atoms with Crippen molar-refractivity contribution in [1.29, 1.82) is 0 Å². The van der Waals surface area contributed by atoms with Crippen molar-refractivity contribution < 1.29 is 9.78 Å². The predicted octanol–water partition coefficient (Wildman–Crippen LogP) is 3.42. The lowest BCUT2D eigenvalue weighted by molar-refractivity contribution is -0.404. The number of benzene rings is 1. The number of thiophene rings is 1. The zero-order chi connectivity index (χ0) is 21.0. The molecule has 0 aliphatic rings. The first-order chi connectivity index (χ1) is 13.9. The van der Waals surface area contributed by atoms with E-state index in [1.54, 1.807) is 22.0 Å². The molecule has 0 saturated carbocycles. The van der Waals surface area contributed by atoms with Crippen LogP contribution >= 0.6 is 23.1 Å². The van der Waals surface area contributed by atoms with Crippen molar-refractivity contribution in [2.75, 3.05) is 30.1 Å². The van der Waals surface area contributed by atoms with Crippen molar-refractivity contribution in [2.45, 2.75) is 25.0 Å². The number of anilines is 2. The number of aromatic amines is 1. The molecule has 3 aromatic rings. The van der Waals surface area contributed by atoms with E-state index in [0.717, 1.165) is 27.5 Å². The smallest absolute Gasteiger partial charge is 0.347 e. The summed E-state index contributed by atoms with van der Waals surface area (Å²) in [5, 5.41) is 4.24. The summed E-state index contributed by atoms with van der Waals surface area (Å²) in [6, 6.07) is 9.60. The molecule has 152 valence electrons. The van der Waals surface area contributed by atoms with Crippen molar-refractivity contribution in [3.05, 3.63) is 58.2 Å². The van der Waals surface area contributed by atoms with Gasteiger partial charge in [-0.15, -0.1) is 0 Å². The molecule has 6 nitrogen and oxygen atoms in total. The molecular weight excluding hydrogens is 404 g/mol. The van der Waals surface area contributed by atoms with Crippen molar-refractivity contribution in [2.24, 2.45) is 0 Å². The Hall–Kier alpha value is -2.58. The van der Waals surface area contributed by atoms with E-state index in [9.17, 15) is 9.59 Å². The summed E-state index contributed by atoms with van der Waals surface area (Å²) in [7, 11) is 3.94. The summed E-state index contributed by atoms with van der Waals surface area (Å²) < 4.78 is 1.63. The van der Waals surface area contributed by atoms with Crippen LogP contribution in [0.5, 0.6) is 0 Å². The van der Waals surface area contributed by atoms with Crippen LogP contribution in [0.4, 0.5) is 11.4 Å². The summed E-state index contributed by atoms with van der Waals surface area (Å²) in [5.41, 5.74) is 1.75. The van der Waals surface area contributed by atoms with Crippen molar-refractivity contribution >= 4 is 50.6 Å². The Balaban J connectivity index is 1.76. The van der Waals surface area contributed by atoms with Crippen LogP contribution in [-0.4, -0.2) is 30.3 Å². The average Bonchev–Trinajstić information content (AvgIpc) is 3.13. The molecule has 0 radical (unpaired) electrons. The number of amides is 1. The number of fused-ring (bicyclic) bond motifs is 1. The minimum Gasteiger partial charge on any atom is -0.378 e. The molecule has 1 amide bonds. The maximum absolute atomic E-state index is 12.9. The molecule has 29 heavy (non-hydrogen) atoms. The molecule has 0 aliphatic heterocycles. The number of H-pyrrole nitrogens is 1. The van der Waals surface area contributed by atoms with Crippen LogP contribution in [0, 0.1) is 0 Å². The van der Waals surface area contributed by atoms with Crippen molar-refractivity contribution in [3.63, 3.8) is 0 Å². The number of hydrogen-bond acceptors (Lipinski definition) is 5. The average molecular weight is 430 g/mol. The van der Waals surface area contributed by atoms with Gasteiger partial charge in [0.2, 0.25) is 5.91 Å². The lowest BCUT2D eigenvalue weighted by atomic mass is 10.2. The minimum absolute atomic E-state index is 0.0585. The van der Waals surface area contributed by atoms with Gasteiger partial charge in [-0.3, -0.25) is 4.79 Å². The highest BCUT2D eigenvalue weighted by atomic mass is 32.2. The Morgan fingerprint density at radius 3 is 2.69 bits per heavy atom. The molecule has 0 bridgehead atoms. The topological polar surface area (TPSA) is 68.5 Å². The summed E-state index contributed by atoms with van der Waals surface area (Å²) in [5.74, 6) is 0.0687. The van der Waals surface area contributed by atoms with Crippen LogP contribution in [0.2, 0.25) is 0 Å². The Bertz CT molecular complexity index is 1080. The molecule has 0 atom stereocenters. The Labute approximate surface area is 178 Å². The van der Waals surface area contributed by atoms with Crippen molar-refractivity contribution in [3.8, 4) is 0 Å². The van der Waals surface area contributed by atoms with Crippen LogP contribution in [-0.2, 0) is 17.8 Å². The maximum Gasteiger partial charge on any atom is 0.347 e. The number of thioether (sulfide) groups is 1. The number of aryl methyl sites for hydroxylation is 1. The highest BCUT2D eigenvalue weighted by Gasteiger charge is 2.21. The third kappa shape index (κ3) is 4.89. The molecule has 0 saturated heterocycles. The number of nitrogens with one attached hydrogen (secondary N) is 2. The minimum atomic E-state index is -0.126. The fraction of sp³-hybridized carbons (Fsp3) is 0.286. The second kappa shape index (κ2) is 9.28. The van der Waals surface area contributed by atoms with E-state index in [0.29, 0.717) is 17.1 Å². The van der Waals surface area contributed by atoms with E-state index in [1.165, 1.54) is 11.8 Å². The number of allylic oxidation sites excluding steroid dienone is 1. The van der Waals surface area contributed by atoms with Gasteiger partial charge in [0.05, 0.1) is 5.75 Å². The second-order valence-electron chi connectivity index (χ2n) is 6.72. The van der Waals surface area contributed by atoms with Gasteiger partial charge in [-0.05, 0) is 48.5 Å². The highest BCUT2D eigenvalue weighted by Crippen LogP contribution is 2.22. The first-order valence-electron chi connectivity index (χ1n) is 9.32. The second-order valence-corrected chi connectivity index (χ2v) is 8.82. The van der Waals surface area contributed by atoms with Gasteiger partial charge in [-0.2, -0.15) is 4.57 Å². The van der Waals surface area contributed by atoms with Crippen LogP contribution in [0.3, 0.4) is 0 Å². The molecule has 0 spiro atoms. The molecule has 0 aliphatic carbocycles. The Morgan fingerprint density at radius 1 is 1.34 bits per heavy atom. The van der Waals surface area contributed by atoms with E-state index in [-0.39, 0.29) is 17.2 Å². The maximum atomic E-state index is 12.9. The number of hydrogen-bond donors (Lipinski definition) is 1. The zero-order valence-electron chi connectivity index (χ0n) is 16.8. The molecular formula is C21H25N4O2S2+. The lowest BCUT2D eigenvalue weighted by Crippen LogP contribution is -2.29. The summed E-state index contributed by atoms with van der Waals surface area (Å²) in [4.78, 5) is 32.6. The van der Waals surface area contributed by atoms with E-state index >= 15 is 0 Å². The highest BCUT2D eigenvalue weighted by molar-refractivity contribution is 7.99. The van der Waals surface area contributed by atoms with Crippen LogP contribution in [0.1, 0.15) is 11.8 Å². The monoisotopic (exact) mass is 429 g/mol. The standard InChI is InChI=1S/C21H24N4O2S2/c1-5-11-25-20(27)17-12-16(6-2)29-19(17)23-21(25)28-13-18(26)22-14-7-9-15(10-8-14)24(3)4/h5,7-10,12H,1,6,11,13H2,2-4H3,(H,22,26)/p+1. The quantitative estimate of drug-likeness (QED) is 0.338. The van der Waals surface area contributed by atoms with Gasteiger partial charge < -0.3 is 10.2 Å². The van der Waals surface area contributed by atoms with E-state index in [2.05, 4.69) is 23.8 Å². The normalized spacial score (nSPS) is 10.9. The fourth-order valence-electron chi connectivity index (χ4n) is 2.85. The molecule has 0 unspecified atom stereocenters. The van der Waals surface area contributed by atoms with Gasteiger partial charge in [-0.1, -0.05) is 30.9 Å². The Morgan fingerprint density at radius 2 is 2.07 bits per heavy atom.